The van der Waals surface area contributed by atoms with Crippen LogP contribution in [-0.4, -0.2) is 41.3 Å². The van der Waals surface area contributed by atoms with E-state index in [2.05, 4.69) is 45.6 Å². The summed E-state index contributed by atoms with van der Waals surface area (Å²) in [5, 5.41) is 0. The number of nitrogens with zero attached hydrogens (tertiary/aromatic N) is 1. The van der Waals surface area contributed by atoms with Crippen molar-refractivity contribution in [3.63, 3.8) is 0 Å². The van der Waals surface area contributed by atoms with Crippen molar-refractivity contribution in [1.29, 1.82) is 0 Å². The van der Waals surface area contributed by atoms with Gasteiger partial charge in [0, 0.05) is 32.2 Å². The van der Waals surface area contributed by atoms with Crippen molar-refractivity contribution >= 4 is 11.9 Å². The second kappa shape index (κ2) is 10.4. The molecular formula is C35H55NO4. The summed E-state index contributed by atoms with van der Waals surface area (Å²) in [7, 11) is 0. The van der Waals surface area contributed by atoms with Gasteiger partial charge in [-0.1, -0.05) is 59.1 Å². The first-order valence-corrected chi connectivity index (χ1v) is 16.9. The van der Waals surface area contributed by atoms with Crippen LogP contribution in [0.1, 0.15) is 125 Å². The average molecular weight is 554 g/mol. The highest BCUT2D eigenvalue weighted by atomic mass is 16.5. The number of hydrogen-bond acceptors (Lipinski definition) is 4. The van der Waals surface area contributed by atoms with Crippen LogP contribution in [-0.2, 0) is 19.1 Å². The van der Waals surface area contributed by atoms with Crippen LogP contribution >= 0.6 is 0 Å². The van der Waals surface area contributed by atoms with E-state index in [9.17, 15) is 9.59 Å². The van der Waals surface area contributed by atoms with Crippen molar-refractivity contribution in [1.82, 2.24) is 4.90 Å². The summed E-state index contributed by atoms with van der Waals surface area (Å²) in [5.41, 5.74) is 1.71. The summed E-state index contributed by atoms with van der Waals surface area (Å²) in [6.07, 6.45) is 16.8. The first-order valence-electron chi connectivity index (χ1n) is 16.9. The molecule has 5 fully saturated rings. The predicted octanol–water partition coefficient (Wildman–Crippen LogP) is 7.68. The van der Waals surface area contributed by atoms with Crippen LogP contribution < -0.4 is 0 Å². The number of rotatable bonds is 5. The first-order chi connectivity index (χ1) is 19.0. The standard InChI is InChI=1S/C35H55NO4/c1-7-8-9-10-31(38)39-26-14-16-33(5)25(19-26)11-12-27-28(33)15-17-34(6)29(27)20-30-32(34)23(3)35(40-30)18-13-22(2)21-36(35)24(4)37/h11,22-23,26-30,32H,7-10,12-21H2,1-6H3/t22-,23+,26+,27-,28+,29-,30-,32+,33-,34-,35+/m0/s1. The Bertz CT molecular complexity index is 1040. The van der Waals surface area contributed by atoms with E-state index in [0.29, 0.717) is 36.0 Å². The minimum atomic E-state index is -0.392. The molecule has 4 aliphatic carbocycles. The smallest absolute Gasteiger partial charge is 0.306 e. The number of likely N-dealkylation sites (tertiary alicyclic amines) is 1. The maximum Gasteiger partial charge on any atom is 0.306 e. The molecule has 11 atom stereocenters. The van der Waals surface area contributed by atoms with Crippen LogP contribution in [0.5, 0.6) is 0 Å². The van der Waals surface area contributed by atoms with Crippen molar-refractivity contribution in [3.8, 4) is 0 Å². The van der Waals surface area contributed by atoms with Crippen molar-refractivity contribution in [2.45, 2.75) is 143 Å². The van der Waals surface area contributed by atoms with Crippen molar-refractivity contribution in [3.05, 3.63) is 11.6 Å². The topological polar surface area (TPSA) is 55.8 Å². The summed E-state index contributed by atoms with van der Waals surface area (Å²) in [5.74, 6) is 3.79. The van der Waals surface area contributed by atoms with E-state index in [0.717, 1.165) is 70.3 Å². The molecule has 2 saturated heterocycles. The second-order valence-corrected chi connectivity index (χ2v) is 15.4. The van der Waals surface area contributed by atoms with Gasteiger partial charge < -0.3 is 14.4 Å². The molecule has 0 radical (unpaired) electrons. The first kappa shape index (κ1) is 28.7. The Morgan fingerprint density at radius 2 is 1.88 bits per heavy atom. The zero-order chi connectivity index (χ0) is 28.4. The molecular weight excluding hydrogens is 498 g/mol. The van der Waals surface area contributed by atoms with Crippen LogP contribution in [0.2, 0.25) is 0 Å². The van der Waals surface area contributed by atoms with Gasteiger partial charge in [-0.25, -0.2) is 0 Å². The molecule has 5 nitrogen and oxygen atoms in total. The Hall–Kier alpha value is -1.36. The van der Waals surface area contributed by atoms with Gasteiger partial charge in [0.2, 0.25) is 5.91 Å². The van der Waals surface area contributed by atoms with Gasteiger partial charge in [0.1, 0.15) is 11.8 Å². The fourth-order valence-electron chi connectivity index (χ4n) is 11.3. The van der Waals surface area contributed by atoms with Gasteiger partial charge in [-0.05, 0) is 98.2 Å². The quantitative estimate of drug-likeness (QED) is 0.199. The molecule has 0 bridgehead atoms. The number of esters is 1. The largest absolute Gasteiger partial charge is 0.462 e. The van der Waals surface area contributed by atoms with E-state index >= 15 is 0 Å². The number of carbonyl (C=O) groups excluding carboxylic acids is 2. The van der Waals surface area contributed by atoms with E-state index in [1.165, 1.54) is 19.3 Å². The molecule has 6 aliphatic rings. The third-order valence-corrected chi connectivity index (χ3v) is 13.4. The van der Waals surface area contributed by atoms with Crippen LogP contribution in [0.25, 0.3) is 0 Å². The van der Waals surface area contributed by atoms with E-state index < -0.39 is 5.72 Å². The van der Waals surface area contributed by atoms with E-state index in [1.807, 2.05) is 0 Å². The predicted molar refractivity (Wildman–Crippen MR) is 157 cm³/mol. The van der Waals surface area contributed by atoms with Gasteiger partial charge in [-0.2, -0.15) is 0 Å². The number of allylic oxidation sites excluding steroid dienone is 1. The third kappa shape index (κ3) is 4.33. The van der Waals surface area contributed by atoms with Gasteiger partial charge in [0.15, 0.2) is 0 Å². The summed E-state index contributed by atoms with van der Waals surface area (Å²) in [4.78, 5) is 27.4. The summed E-state index contributed by atoms with van der Waals surface area (Å²) in [6.45, 7) is 14.6. The van der Waals surface area contributed by atoms with Gasteiger partial charge >= 0.3 is 5.97 Å². The lowest BCUT2D eigenvalue weighted by molar-refractivity contribution is -0.200. The molecule has 1 spiro atoms. The van der Waals surface area contributed by atoms with Crippen molar-refractivity contribution in [2.75, 3.05) is 6.54 Å². The lowest BCUT2D eigenvalue weighted by atomic mass is 9.46. The molecule has 0 aromatic heterocycles. The van der Waals surface area contributed by atoms with Crippen LogP contribution in [0.3, 0.4) is 0 Å². The minimum absolute atomic E-state index is 0.00456. The lowest BCUT2D eigenvalue weighted by Crippen LogP contribution is -2.60. The fourth-order valence-corrected chi connectivity index (χ4v) is 11.3. The van der Waals surface area contributed by atoms with Crippen LogP contribution in [0.15, 0.2) is 11.6 Å². The summed E-state index contributed by atoms with van der Waals surface area (Å²) >= 11 is 0. The Kier molecular flexibility index (Phi) is 7.49. The molecule has 6 rings (SSSR count). The molecule has 224 valence electrons. The molecule has 0 aromatic rings. The molecule has 0 unspecified atom stereocenters. The Morgan fingerprint density at radius 1 is 1.07 bits per heavy atom. The number of fused-ring (bicyclic) bond motifs is 7. The average Bonchev–Trinajstić information content (AvgIpc) is 3.36. The Morgan fingerprint density at radius 3 is 2.62 bits per heavy atom. The van der Waals surface area contributed by atoms with Gasteiger partial charge in [-0.3, -0.25) is 9.59 Å². The summed E-state index contributed by atoms with van der Waals surface area (Å²) < 4.78 is 13.1. The SMILES string of the molecule is CCCCCC(=O)O[C@@H]1CC[C@@]2(C)C(=CC[C@H]3[C@H]2CC[C@]2(C)[C@H]4[C@H](C[C@@H]32)O[C@]2(CC[C@H](C)CN2C(C)=O)[C@@H]4C)C1. The minimum Gasteiger partial charge on any atom is -0.462 e. The number of amides is 1. The van der Waals surface area contributed by atoms with Gasteiger partial charge in [0.25, 0.3) is 0 Å². The highest BCUT2D eigenvalue weighted by Crippen LogP contribution is 2.70. The second-order valence-electron chi connectivity index (χ2n) is 15.4. The highest BCUT2D eigenvalue weighted by Gasteiger charge is 2.69. The molecule has 3 saturated carbocycles. The molecule has 2 heterocycles. The van der Waals surface area contributed by atoms with Crippen molar-refractivity contribution in [2.24, 2.45) is 46.3 Å². The molecule has 5 heteroatoms. The monoisotopic (exact) mass is 553 g/mol. The number of piperidine rings is 1. The normalized spacial score (nSPS) is 47.6. The zero-order valence-electron chi connectivity index (χ0n) is 26.2. The van der Waals surface area contributed by atoms with E-state index in [4.69, 9.17) is 9.47 Å². The molecule has 2 aliphatic heterocycles. The van der Waals surface area contributed by atoms with Gasteiger partial charge in [0.05, 0.1) is 6.10 Å². The lowest BCUT2D eigenvalue weighted by Gasteiger charge is -2.59. The maximum absolute atomic E-state index is 12.8. The number of unbranched alkanes of at least 4 members (excludes halogenated alkanes) is 2. The van der Waals surface area contributed by atoms with E-state index in [-0.39, 0.29) is 34.9 Å². The van der Waals surface area contributed by atoms with Crippen LogP contribution in [0, 0.1) is 46.3 Å². The zero-order valence-corrected chi connectivity index (χ0v) is 26.2. The van der Waals surface area contributed by atoms with Crippen molar-refractivity contribution < 1.29 is 19.1 Å². The number of carbonyl (C=O) groups is 2. The molecule has 0 aromatic carbocycles. The maximum atomic E-state index is 12.8. The Labute approximate surface area is 243 Å². The van der Waals surface area contributed by atoms with Crippen LogP contribution in [0.4, 0.5) is 0 Å². The number of ether oxygens (including phenoxy) is 2. The fraction of sp³-hybridized carbons (Fsp3) is 0.886. The summed E-state index contributed by atoms with van der Waals surface area (Å²) in [6, 6.07) is 0. The third-order valence-electron chi connectivity index (χ3n) is 13.4. The molecule has 1 amide bonds. The van der Waals surface area contributed by atoms with Gasteiger partial charge in [-0.15, -0.1) is 0 Å². The molecule has 40 heavy (non-hydrogen) atoms. The molecule has 0 N–H and O–H groups in total. The highest BCUT2D eigenvalue weighted by molar-refractivity contribution is 5.74. The Balaban J connectivity index is 1.18. The van der Waals surface area contributed by atoms with E-state index in [1.54, 1.807) is 12.5 Å². The number of hydrogen-bond donors (Lipinski definition) is 0.